The third-order valence-electron chi connectivity index (χ3n) is 3.31. The predicted molar refractivity (Wildman–Crippen MR) is 69.2 cm³/mol. The quantitative estimate of drug-likeness (QED) is 0.761. The van der Waals surface area contributed by atoms with Gasteiger partial charge >= 0.3 is 102 Å². The average Bonchev–Trinajstić information content (AvgIpc) is 2.66. The fraction of sp³-hybridized carbons (Fsp3) is 0.750. The third-order valence-corrected chi connectivity index (χ3v) is 19.8. The van der Waals surface area contributed by atoms with Crippen molar-refractivity contribution in [2.45, 2.75) is 53.3 Å². The molecular weight excluding hydrogens is 310 g/mol. The standard InChI is InChI=1S/C3H2FN2.3C3H7.Sn/c4-3-1-5-6-2-3;3*1-3-2;/h1H,(H,5,6);3*1,3H2,2H3;. The fourth-order valence-corrected chi connectivity index (χ4v) is 17.8. The van der Waals surface area contributed by atoms with Crippen molar-refractivity contribution in [3.05, 3.63) is 12.0 Å². The Morgan fingerprint density at radius 1 is 1.12 bits per heavy atom. The molecule has 0 aliphatic heterocycles. The van der Waals surface area contributed by atoms with Gasteiger partial charge in [-0.25, -0.2) is 0 Å². The Morgan fingerprint density at radius 3 is 1.94 bits per heavy atom. The van der Waals surface area contributed by atoms with E-state index in [2.05, 4.69) is 31.0 Å². The molecule has 2 nitrogen and oxygen atoms in total. The zero-order valence-electron chi connectivity index (χ0n) is 10.6. The van der Waals surface area contributed by atoms with Gasteiger partial charge in [0, 0.05) is 0 Å². The van der Waals surface area contributed by atoms with Gasteiger partial charge in [0.15, 0.2) is 0 Å². The second kappa shape index (κ2) is 6.62. The Hall–Kier alpha value is -0.0613. The minimum absolute atomic E-state index is 0.0776. The fourth-order valence-electron chi connectivity index (χ4n) is 2.83. The van der Waals surface area contributed by atoms with Crippen molar-refractivity contribution in [3.8, 4) is 0 Å². The second-order valence-electron chi connectivity index (χ2n) is 4.62. The molecule has 1 aromatic heterocycles. The Morgan fingerprint density at radius 2 is 1.62 bits per heavy atom. The second-order valence-corrected chi connectivity index (χ2v) is 17.6. The summed E-state index contributed by atoms with van der Waals surface area (Å²) in [5.41, 5.74) is 0. The molecule has 0 saturated heterocycles. The van der Waals surface area contributed by atoms with Gasteiger partial charge in [-0.1, -0.05) is 0 Å². The van der Waals surface area contributed by atoms with Crippen LogP contribution in [0.25, 0.3) is 0 Å². The SMILES string of the molecule is CC[CH2][Sn]([CH2]CC)([CH2]CC)[c]1[nH]ncc1F. The van der Waals surface area contributed by atoms with Gasteiger partial charge in [-0.05, 0) is 0 Å². The van der Waals surface area contributed by atoms with E-state index in [1.807, 2.05) is 0 Å². The molecule has 0 fully saturated rings. The molecule has 0 radical (unpaired) electrons. The summed E-state index contributed by atoms with van der Waals surface area (Å²) in [6.07, 6.45) is 4.87. The summed E-state index contributed by atoms with van der Waals surface area (Å²) in [5, 5.41) is 6.86. The first kappa shape index (κ1) is 14.0. The van der Waals surface area contributed by atoms with Crippen LogP contribution in [0.4, 0.5) is 4.39 Å². The van der Waals surface area contributed by atoms with Crippen molar-refractivity contribution in [2.75, 3.05) is 0 Å². The molecule has 0 bridgehead atoms. The van der Waals surface area contributed by atoms with Gasteiger partial charge in [-0.15, -0.1) is 0 Å². The summed E-state index contributed by atoms with van der Waals surface area (Å²) in [6.45, 7) is 6.64. The van der Waals surface area contributed by atoms with Crippen LogP contribution in [-0.2, 0) is 0 Å². The van der Waals surface area contributed by atoms with Gasteiger partial charge in [-0.2, -0.15) is 0 Å². The van der Waals surface area contributed by atoms with E-state index in [0.717, 1.165) is 3.71 Å². The molecule has 0 aliphatic rings. The van der Waals surface area contributed by atoms with Gasteiger partial charge in [0.25, 0.3) is 0 Å². The van der Waals surface area contributed by atoms with Crippen LogP contribution in [0.5, 0.6) is 0 Å². The van der Waals surface area contributed by atoms with E-state index in [1.54, 1.807) is 0 Å². The van der Waals surface area contributed by atoms with Crippen LogP contribution >= 0.6 is 0 Å². The zero-order valence-corrected chi connectivity index (χ0v) is 13.5. The summed E-state index contributed by atoms with van der Waals surface area (Å²) in [5.74, 6) is -0.0776. The number of hydrogen-bond donors (Lipinski definition) is 1. The number of halogens is 1. The normalized spacial score (nSPS) is 12.0. The van der Waals surface area contributed by atoms with Crippen molar-refractivity contribution in [3.63, 3.8) is 0 Å². The minimum atomic E-state index is -2.49. The number of nitrogens with zero attached hydrogens (tertiary/aromatic N) is 1. The van der Waals surface area contributed by atoms with Crippen LogP contribution in [0, 0.1) is 5.82 Å². The van der Waals surface area contributed by atoms with Crippen molar-refractivity contribution in [1.29, 1.82) is 0 Å². The van der Waals surface area contributed by atoms with E-state index in [-0.39, 0.29) is 5.82 Å². The Kier molecular flexibility index (Phi) is 5.79. The third kappa shape index (κ3) is 2.99. The molecule has 0 unspecified atom stereocenters. The summed E-state index contributed by atoms with van der Waals surface area (Å²) in [7, 11) is 0. The molecule has 0 saturated carbocycles. The molecule has 1 rings (SSSR count). The van der Waals surface area contributed by atoms with E-state index in [0.29, 0.717) is 0 Å². The molecule has 0 atom stereocenters. The molecular formula is C12H23FN2Sn. The number of rotatable bonds is 7. The molecule has 0 spiro atoms. The zero-order chi connectivity index (χ0) is 12.0. The number of H-pyrrole nitrogens is 1. The summed E-state index contributed by atoms with van der Waals surface area (Å²) < 4.78 is 18.4. The topological polar surface area (TPSA) is 28.7 Å². The van der Waals surface area contributed by atoms with E-state index in [1.165, 1.54) is 38.8 Å². The first-order valence-corrected chi connectivity index (χ1v) is 13.9. The number of hydrogen-bond acceptors (Lipinski definition) is 1. The Bertz CT molecular complexity index is 295. The van der Waals surface area contributed by atoms with E-state index in [9.17, 15) is 4.39 Å². The molecule has 0 amide bonds. The van der Waals surface area contributed by atoms with Gasteiger partial charge in [0.1, 0.15) is 0 Å². The maximum absolute atomic E-state index is 13.8. The molecule has 0 aromatic carbocycles. The molecule has 16 heavy (non-hydrogen) atoms. The summed E-state index contributed by atoms with van der Waals surface area (Å²) in [6, 6.07) is 0. The van der Waals surface area contributed by atoms with Gasteiger partial charge in [0.2, 0.25) is 0 Å². The van der Waals surface area contributed by atoms with Crippen molar-refractivity contribution in [2.24, 2.45) is 0 Å². The first-order valence-electron chi connectivity index (χ1n) is 6.39. The molecule has 1 N–H and O–H groups in total. The van der Waals surface area contributed by atoms with E-state index < -0.39 is 18.4 Å². The Balaban J connectivity index is 3.04. The number of nitrogens with one attached hydrogen (secondary N) is 1. The van der Waals surface area contributed by atoms with Gasteiger partial charge in [-0.3, -0.25) is 0 Å². The number of aromatic amines is 1. The molecule has 4 heteroatoms. The van der Waals surface area contributed by atoms with Crippen LogP contribution in [0.1, 0.15) is 40.0 Å². The molecule has 0 aliphatic carbocycles. The van der Waals surface area contributed by atoms with Crippen LogP contribution in [0.15, 0.2) is 6.20 Å². The van der Waals surface area contributed by atoms with Crippen molar-refractivity contribution < 1.29 is 4.39 Å². The monoisotopic (exact) mass is 334 g/mol. The van der Waals surface area contributed by atoms with Crippen LogP contribution in [0.3, 0.4) is 0 Å². The molecule has 1 aromatic rings. The van der Waals surface area contributed by atoms with Crippen LogP contribution < -0.4 is 3.71 Å². The number of aromatic nitrogens is 2. The average molecular weight is 333 g/mol. The predicted octanol–water partition coefficient (Wildman–Crippen LogP) is 3.43. The molecule has 1 heterocycles. The van der Waals surface area contributed by atoms with Crippen LogP contribution in [0.2, 0.25) is 13.3 Å². The van der Waals surface area contributed by atoms with Gasteiger partial charge < -0.3 is 0 Å². The summed E-state index contributed by atoms with van der Waals surface area (Å²) >= 11 is -2.49. The van der Waals surface area contributed by atoms with E-state index in [4.69, 9.17) is 0 Å². The van der Waals surface area contributed by atoms with Crippen molar-refractivity contribution >= 4 is 22.1 Å². The maximum atomic E-state index is 13.8. The van der Waals surface area contributed by atoms with Crippen molar-refractivity contribution in [1.82, 2.24) is 10.2 Å². The summed E-state index contributed by atoms with van der Waals surface area (Å²) in [4.78, 5) is 0. The first-order chi connectivity index (χ1) is 7.70. The Labute approximate surface area is 102 Å². The van der Waals surface area contributed by atoms with E-state index >= 15 is 0 Å². The molecule has 92 valence electrons. The van der Waals surface area contributed by atoms with Crippen LogP contribution in [-0.4, -0.2) is 28.6 Å². The van der Waals surface area contributed by atoms with Gasteiger partial charge in [0.05, 0.1) is 0 Å².